The molecule has 6 heteroatoms. The van der Waals surface area contributed by atoms with Gasteiger partial charge in [-0.05, 0) is 18.6 Å². The number of carbonyl (C=O) groups excluding carboxylic acids is 2. The van der Waals surface area contributed by atoms with E-state index >= 15 is 0 Å². The maximum Gasteiger partial charge on any atom is 0.224 e. The number of nitrogens with zero attached hydrogens (tertiary/aromatic N) is 3. The molecule has 1 aliphatic rings. The molecule has 3 atom stereocenters. The fourth-order valence-electron chi connectivity index (χ4n) is 4.47. The van der Waals surface area contributed by atoms with Crippen molar-refractivity contribution in [3.63, 3.8) is 0 Å². The van der Waals surface area contributed by atoms with Gasteiger partial charge in [-0.2, -0.15) is 0 Å². The van der Waals surface area contributed by atoms with E-state index < -0.39 is 23.5 Å². The van der Waals surface area contributed by atoms with Gasteiger partial charge in [0.2, 0.25) is 5.91 Å². The number of aromatic nitrogens is 2. The Morgan fingerprint density at radius 3 is 2.37 bits per heavy atom. The van der Waals surface area contributed by atoms with E-state index in [0.717, 1.165) is 11.3 Å². The van der Waals surface area contributed by atoms with Gasteiger partial charge in [0.25, 0.3) is 0 Å². The number of amides is 1. The normalized spacial score (nSPS) is 21.5. The fourth-order valence-corrected chi connectivity index (χ4v) is 4.47. The van der Waals surface area contributed by atoms with Gasteiger partial charge in [0.05, 0.1) is 29.4 Å². The highest BCUT2D eigenvalue weighted by Crippen LogP contribution is 2.51. The van der Waals surface area contributed by atoms with Crippen LogP contribution in [0.2, 0.25) is 0 Å². The molecule has 3 heterocycles. The highest BCUT2D eigenvalue weighted by Gasteiger charge is 2.49. The topological polar surface area (TPSA) is 74.9 Å². The Bertz CT molecular complexity index is 1130. The lowest BCUT2D eigenvalue weighted by Gasteiger charge is -2.45. The Labute approximate surface area is 176 Å². The minimum absolute atomic E-state index is 0.0832. The van der Waals surface area contributed by atoms with Crippen LogP contribution in [0, 0.1) is 18.3 Å². The van der Waals surface area contributed by atoms with Gasteiger partial charge in [0, 0.05) is 30.3 Å². The summed E-state index contributed by atoms with van der Waals surface area (Å²) in [7, 11) is 0. The average Bonchev–Trinajstić information content (AvgIpc) is 3.07. The molecule has 0 saturated heterocycles. The summed E-state index contributed by atoms with van der Waals surface area (Å²) in [6.07, 6.45) is 2.65. The highest BCUT2D eigenvalue weighted by atomic mass is 16.3. The van der Waals surface area contributed by atoms with Crippen LogP contribution in [0.25, 0.3) is 5.65 Å². The summed E-state index contributed by atoms with van der Waals surface area (Å²) < 4.78 is 1.85. The molecule has 4 rings (SSSR count). The van der Waals surface area contributed by atoms with Crippen molar-refractivity contribution in [1.29, 1.82) is 0 Å². The molecule has 0 radical (unpaired) electrons. The molecule has 1 N–H and O–H groups in total. The van der Waals surface area contributed by atoms with Crippen LogP contribution in [0.4, 0.5) is 5.69 Å². The van der Waals surface area contributed by atoms with Crippen LogP contribution in [0.3, 0.4) is 0 Å². The number of fused-ring (bicyclic) bond motifs is 3. The van der Waals surface area contributed by atoms with Gasteiger partial charge in [0.1, 0.15) is 5.78 Å². The van der Waals surface area contributed by atoms with Crippen LogP contribution in [0.15, 0.2) is 48.8 Å². The number of anilines is 1. The van der Waals surface area contributed by atoms with Gasteiger partial charge in [-0.15, -0.1) is 0 Å². The number of hydrogen-bond donors (Lipinski definition) is 1. The monoisotopic (exact) mass is 405 g/mol. The van der Waals surface area contributed by atoms with Crippen molar-refractivity contribution in [2.45, 2.75) is 46.8 Å². The third-order valence-electron chi connectivity index (χ3n) is 5.79. The molecule has 2 aromatic heterocycles. The number of imidazole rings is 1. The molecular formula is C24H27N3O3. The Morgan fingerprint density at radius 2 is 1.77 bits per heavy atom. The first-order valence-electron chi connectivity index (χ1n) is 10.2. The first-order chi connectivity index (χ1) is 14.1. The molecule has 30 heavy (non-hydrogen) atoms. The Balaban J connectivity index is 2.05. The maximum atomic E-state index is 13.5. The van der Waals surface area contributed by atoms with Crippen molar-refractivity contribution >= 4 is 23.0 Å². The van der Waals surface area contributed by atoms with E-state index in [-0.39, 0.29) is 11.7 Å². The summed E-state index contributed by atoms with van der Waals surface area (Å²) in [4.78, 5) is 32.8. The third kappa shape index (κ3) is 3.12. The predicted molar refractivity (Wildman–Crippen MR) is 115 cm³/mol. The van der Waals surface area contributed by atoms with E-state index in [0.29, 0.717) is 16.9 Å². The van der Waals surface area contributed by atoms with Gasteiger partial charge in [-0.1, -0.05) is 51.1 Å². The largest absolute Gasteiger partial charge is 0.387 e. The molecule has 0 fully saturated rings. The number of aliphatic hydroxyl groups is 1. The second kappa shape index (κ2) is 7.06. The van der Waals surface area contributed by atoms with Crippen LogP contribution < -0.4 is 4.90 Å². The quantitative estimate of drug-likeness (QED) is 0.699. The minimum atomic E-state index is -1.05. The Hall–Kier alpha value is -2.99. The average molecular weight is 405 g/mol. The van der Waals surface area contributed by atoms with Crippen molar-refractivity contribution in [1.82, 2.24) is 9.38 Å². The molecule has 156 valence electrons. The van der Waals surface area contributed by atoms with Crippen molar-refractivity contribution in [2.24, 2.45) is 11.3 Å². The summed E-state index contributed by atoms with van der Waals surface area (Å²) in [5.41, 5.74) is 2.67. The summed E-state index contributed by atoms with van der Waals surface area (Å²) in [5.74, 6) is -1.07. The number of carbonyl (C=O) groups is 2. The summed E-state index contributed by atoms with van der Waals surface area (Å²) in [5, 5.41) is 11.5. The number of rotatable bonds is 2. The van der Waals surface area contributed by atoms with Gasteiger partial charge in [0.15, 0.2) is 5.65 Å². The highest BCUT2D eigenvalue weighted by molar-refractivity contribution is 6.01. The Morgan fingerprint density at radius 1 is 1.10 bits per heavy atom. The van der Waals surface area contributed by atoms with E-state index in [9.17, 15) is 14.7 Å². The molecule has 1 aromatic carbocycles. The second-order valence-corrected chi connectivity index (χ2v) is 9.06. The zero-order valence-corrected chi connectivity index (χ0v) is 18.0. The number of Topliss-reactive ketones (excluding diaryl/α,β-unsaturated/α-hetero) is 1. The number of aryl methyl sites for hydroxylation is 1. The molecule has 6 nitrogen and oxygen atoms in total. The lowest BCUT2D eigenvalue weighted by molar-refractivity contribution is -0.136. The van der Waals surface area contributed by atoms with Gasteiger partial charge in [-0.3, -0.25) is 9.59 Å². The molecule has 0 aliphatic carbocycles. The van der Waals surface area contributed by atoms with E-state index in [1.807, 2.05) is 74.8 Å². The van der Waals surface area contributed by atoms with Crippen LogP contribution in [-0.2, 0) is 9.59 Å². The SMILES string of the molecule is CC(=O)N1c2c(ccn3cc(C)nc23)[C@H](O)[C@H](C(=O)C(C)(C)C)[C@@H]1c1ccccc1. The third-order valence-corrected chi connectivity index (χ3v) is 5.79. The van der Waals surface area contributed by atoms with Gasteiger partial charge in [-0.25, -0.2) is 4.98 Å². The Kier molecular flexibility index (Phi) is 4.77. The lowest BCUT2D eigenvalue weighted by atomic mass is 9.71. The van der Waals surface area contributed by atoms with Crippen LogP contribution >= 0.6 is 0 Å². The number of ketones is 1. The zero-order valence-electron chi connectivity index (χ0n) is 18.0. The molecule has 1 amide bonds. The predicted octanol–water partition coefficient (Wildman–Crippen LogP) is 4.02. The van der Waals surface area contributed by atoms with Crippen molar-refractivity contribution < 1.29 is 14.7 Å². The maximum absolute atomic E-state index is 13.5. The number of benzene rings is 1. The van der Waals surface area contributed by atoms with E-state index in [1.54, 1.807) is 11.0 Å². The van der Waals surface area contributed by atoms with Gasteiger partial charge >= 0.3 is 0 Å². The van der Waals surface area contributed by atoms with E-state index in [1.165, 1.54) is 6.92 Å². The smallest absolute Gasteiger partial charge is 0.224 e. The van der Waals surface area contributed by atoms with E-state index in [2.05, 4.69) is 4.98 Å². The molecule has 0 bridgehead atoms. The van der Waals surface area contributed by atoms with E-state index in [4.69, 9.17) is 0 Å². The molecule has 0 saturated carbocycles. The molecule has 0 spiro atoms. The van der Waals surface area contributed by atoms with Crippen LogP contribution in [0.1, 0.15) is 56.7 Å². The lowest BCUT2D eigenvalue weighted by Crippen LogP contribution is -2.49. The molecule has 1 aliphatic heterocycles. The van der Waals surface area contributed by atoms with Crippen molar-refractivity contribution in [2.75, 3.05) is 4.90 Å². The first-order valence-corrected chi connectivity index (χ1v) is 10.2. The number of aliphatic hydroxyl groups excluding tert-OH is 1. The van der Waals surface area contributed by atoms with Crippen LogP contribution in [0.5, 0.6) is 0 Å². The standard InChI is InChI=1S/C24H27N3O3/c1-14-13-26-12-11-17-20(23(26)25-14)27(15(2)28)19(16-9-7-6-8-10-16)18(21(17)29)22(30)24(3,4)5/h6-13,18-19,21,29H,1-5H3/t18-,19+,21+/m1/s1. The minimum Gasteiger partial charge on any atom is -0.387 e. The molecular weight excluding hydrogens is 378 g/mol. The number of pyridine rings is 1. The fraction of sp³-hybridized carbons (Fsp3) is 0.375. The summed E-state index contributed by atoms with van der Waals surface area (Å²) in [6.45, 7) is 8.92. The number of hydrogen-bond acceptors (Lipinski definition) is 4. The van der Waals surface area contributed by atoms with Crippen molar-refractivity contribution in [3.05, 3.63) is 65.6 Å². The van der Waals surface area contributed by atoms with Gasteiger partial charge < -0.3 is 14.4 Å². The molecule has 0 unspecified atom stereocenters. The van der Waals surface area contributed by atoms with Crippen LogP contribution in [-0.4, -0.2) is 26.2 Å². The van der Waals surface area contributed by atoms with Crippen molar-refractivity contribution in [3.8, 4) is 0 Å². The summed E-state index contributed by atoms with van der Waals surface area (Å²) in [6, 6.07) is 10.6. The zero-order chi connectivity index (χ0) is 21.8. The molecule has 3 aromatic rings. The summed E-state index contributed by atoms with van der Waals surface area (Å²) >= 11 is 0. The second-order valence-electron chi connectivity index (χ2n) is 9.06. The first kappa shape index (κ1) is 20.3.